The first-order valence-corrected chi connectivity index (χ1v) is 11.3. The molecule has 3 N–H and O–H groups in total. The first kappa shape index (κ1) is 22.8. The van der Waals surface area contributed by atoms with Gasteiger partial charge in [0, 0.05) is 37.0 Å². The Hall–Kier alpha value is -3.98. The van der Waals surface area contributed by atoms with Crippen LogP contribution >= 0.6 is 0 Å². The maximum Gasteiger partial charge on any atom is 0.255 e. The van der Waals surface area contributed by atoms with Gasteiger partial charge in [-0.15, -0.1) is 0 Å². The summed E-state index contributed by atoms with van der Waals surface area (Å²) in [5.41, 5.74) is 5.75. The zero-order chi connectivity index (χ0) is 24.7. The molecule has 5 rings (SSSR count). The molecular weight excluding hydrogens is 449 g/mol. The highest BCUT2D eigenvalue weighted by molar-refractivity contribution is 6.08. The van der Waals surface area contributed by atoms with E-state index in [-0.39, 0.29) is 23.7 Å². The Morgan fingerprint density at radius 2 is 2.03 bits per heavy atom. The van der Waals surface area contributed by atoms with Gasteiger partial charge in [-0.05, 0) is 37.3 Å². The minimum Gasteiger partial charge on any atom is -0.492 e. The zero-order valence-corrected chi connectivity index (χ0v) is 19.9. The lowest BCUT2D eigenvalue weighted by atomic mass is 9.98. The van der Waals surface area contributed by atoms with Crippen LogP contribution in [0.3, 0.4) is 0 Å². The van der Waals surface area contributed by atoms with Gasteiger partial charge < -0.3 is 25.1 Å². The molecule has 9 heteroatoms. The third-order valence-corrected chi connectivity index (χ3v) is 6.39. The van der Waals surface area contributed by atoms with Gasteiger partial charge in [0.25, 0.3) is 5.91 Å². The van der Waals surface area contributed by atoms with Crippen LogP contribution < -0.4 is 15.4 Å². The van der Waals surface area contributed by atoms with E-state index in [1.165, 1.54) is 13.2 Å². The second-order valence-electron chi connectivity index (χ2n) is 8.56. The number of carbonyl (C=O) groups is 1. The number of ether oxygens (including phenoxy) is 2. The van der Waals surface area contributed by atoms with Gasteiger partial charge >= 0.3 is 0 Å². The molecule has 0 saturated carbocycles. The first-order chi connectivity index (χ1) is 16.9. The molecule has 3 aromatic heterocycles. The van der Waals surface area contributed by atoms with Crippen molar-refractivity contribution < 1.29 is 18.7 Å². The zero-order valence-electron chi connectivity index (χ0n) is 19.9. The van der Waals surface area contributed by atoms with E-state index in [2.05, 4.69) is 20.6 Å². The largest absolute Gasteiger partial charge is 0.492 e. The molecule has 0 spiro atoms. The lowest BCUT2D eigenvalue weighted by molar-refractivity contribution is 0.0942. The molecule has 0 aliphatic carbocycles. The number of anilines is 2. The Bertz CT molecular complexity index is 1430. The molecule has 0 bridgehead atoms. The molecule has 2 atom stereocenters. The van der Waals surface area contributed by atoms with E-state index in [1.54, 1.807) is 25.4 Å². The van der Waals surface area contributed by atoms with E-state index in [0.29, 0.717) is 40.2 Å². The fourth-order valence-electron chi connectivity index (χ4n) is 4.43. The fraction of sp³-hybridized carbons (Fsp3) is 0.269. The van der Waals surface area contributed by atoms with Gasteiger partial charge in [-0.3, -0.25) is 9.78 Å². The number of rotatable bonds is 6. The van der Waals surface area contributed by atoms with Crippen molar-refractivity contribution in [3.63, 3.8) is 0 Å². The average Bonchev–Trinajstić information content (AvgIpc) is 3.25. The predicted molar refractivity (Wildman–Crippen MR) is 132 cm³/mol. The van der Waals surface area contributed by atoms with Crippen molar-refractivity contribution in [3.05, 3.63) is 65.4 Å². The molecule has 1 aliphatic rings. The summed E-state index contributed by atoms with van der Waals surface area (Å²) in [5.74, 6) is -0.600. The summed E-state index contributed by atoms with van der Waals surface area (Å²) in [6.45, 7) is 4.47. The van der Waals surface area contributed by atoms with Crippen molar-refractivity contribution in [2.24, 2.45) is 0 Å². The van der Waals surface area contributed by atoms with Crippen molar-refractivity contribution in [2.75, 3.05) is 26.1 Å². The summed E-state index contributed by atoms with van der Waals surface area (Å²) in [6, 6.07) is 10.3. The molecule has 1 aliphatic heterocycles. The summed E-state index contributed by atoms with van der Waals surface area (Å²) in [7, 11) is 3.04. The lowest BCUT2D eigenvalue weighted by Gasteiger charge is -2.20. The SMILES string of the molecule is COc1c(F)cccc1Nc1c(-c2ccnc3ccc([C@@H](C)OC)nc23)[nH]c2c1C(=O)NC[C@@H]2C. The highest BCUT2D eigenvalue weighted by Gasteiger charge is 2.32. The average molecular weight is 476 g/mol. The number of amides is 1. The van der Waals surface area contributed by atoms with Gasteiger partial charge in [0.05, 0.1) is 52.6 Å². The Labute approximate surface area is 201 Å². The van der Waals surface area contributed by atoms with Crippen molar-refractivity contribution in [1.82, 2.24) is 20.3 Å². The normalized spacial score (nSPS) is 16.0. The number of nitrogens with one attached hydrogen (secondary N) is 3. The summed E-state index contributed by atoms with van der Waals surface area (Å²) in [5, 5.41) is 6.21. The molecule has 8 nitrogen and oxygen atoms in total. The molecule has 180 valence electrons. The number of pyridine rings is 2. The van der Waals surface area contributed by atoms with Crippen LogP contribution in [0.1, 0.15) is 47.6 Å². The molecule has 4 heterocycles. The van der Waals surface area contributed by atoms with E-state index >= 15 is 0 Å². The van der Waals surface area contributed by atoms with E-state index in [1.807, 2.05) is 32.0 Å². The van der Waals surface area contributed by atoms with Gasteiger partial charge in [0.15, 0.2) is 11.6 Å². The van der Waals surface area contributed by atoms with Crippen LogP contribution in [0, 0.1) is 5.82 Å². The van der Waals surface area contributed by atoms with E-state index in [4.69, 9.17) is 14.5 Å². The number of para-hydroxylation sites is 1. The van der Waals surface area contributed by atoms with Gasteiger partial charge in [0.1, 0.15) is 0 Å². The number of hydrogen-bond donors (Lipinski definition) is 3. The topological polar surface area (TPSA) is 101 Å². The number of aromatic nitrogens is 3. The van der Waals surface area contributed by atoms with Crippen LogP contribution in [0.25, 0.3) is 22.3 Å². The molecule has 1 aromatic carbocycles. The van der Waals surface area contributed by atoms with Crippen molar-refractivity contribution in [3.8, 4) is 17.0 Å². The van der Waals surface area contributed by atoms with Gasteiger partial charge in [-0.1, -0.05) is 13.0 Å². The number of aromatic amines is 1. The van der Waals surface area contributed by atoms with Crippen molar-refractivity contribution >= 4 is 28.3 Å². The first-order valence-electron chi connectivity index (χ1n) is 11.3. The van der Waals surface area contributed by atoms with E-state index in [9.17, 15) is 9.18 Å². The summed E-state index contributed by atoms with van der Waals surface area (Å²) >= 11 is 0. The number of fused-ring (bicyclic) bond motifs is 2. The summed E-state index contributed by atoms with van der Waals surface area (Å²) in [4.78, 5) is 25.8. The maximum absolute atomic E-state index is 14.5. The third-order valence-electron chi connectivity index (χ3n) is 6.39. The molecule has 4 aromatic rings. The quantitative estimate of drug-likeness (QED) is 0.360. The Morgan fingerprint density at radius 3 is 2.80 bits per heavy atom. The number of methoxy groups -OCH3 is 2. The maximum atomic E-state index is 14.5. The van der Waals surface area contributed by atoms with Crippen LogP contribution in [-0.2, 0) is 4.74 Å². The second kappa shape index (κ2) is 8.99. The molecule has 0 unspecified atom stereocenters. The summed E-state index contributed by atoms with van der Waals surface area (Å²) < 4.78 is 25.2. The molecule has 0 saturated heterocycles. The fourth-order valence-corrected chi connectivity index (χ4v) is 4.43. The lowest BCUT2D eigenvalue weighted by Crippen LogP contribution is -2.33. The second-order valence-corrected chi connectivity index (χ2v) is 8.56. The highest BCUT2D eigenvalue weighted by atomic mass is 19.1. The summed E-state index contributed by atoms with van der Waals surface area (Å²) in [6.07, 6.45) is 1.50. The van der Waals surface area contributed by atoms with Crippen LogP contribution in [0.4, 0.5) is 15.8 Å². The highest BCUT2D eigenvalue weighted by Crippen LogP contribution is 2.42. The molecule has 35 heavy (non-hydrogen) atoms. The van der Waals surface area contributed by atoms with Crippen molar-refractivity contribution in [1.29, 1.82) is 0 Å². The van der Waals surface area contributed by atoms with Gasteiger partial charge in [-0.2, -0.15) is 0 Å². The number of halogens is 1. The van der Waals surface area contributed by atoms with Crippen LogP contribution in [0.15, 0.2) is 42.6 Å². The number of carbonyl (C=O) groups excluding carboxylic acids is 1. The number of benzene rings is 1. The van der Waals surface area contributed by atoms with Crippen molar-refractivity contribution in [2.45, 2.75) is 25.9 Å². The third kappa shape index (κ3) is 3.87. The van der Waals surface area contributed by atoms with E-state index < -0.39 is 5.82 Å². The van der Waals surface area contributed by atoms with Crippen LogP contribution in [0.5, 0.6) is 5.75 Å². The molecule has 0 radical (unpaired) electrons. The minimum atomic E-state index is -0.504. The predicted octanol–water partition coefficient (Wildman–Crippen LogP) is 5.07. The van der Waals surface area contributed by atoms with Crippen LogP contribution in [0.2, 0.25) is 0 Å². The number of hydrogen-bond acceptors (Lipinski definition) is 6. The minimum absolute atomic E-state index is 0.0524. The Balaban J connectivity index is 1.77. The van der Waals surface area contributed by atoms with E-state index in [0.717, 1.165) is 17.0 Å². The standard InChI is InChI=1S/C26H26FN5O3/c1-13-12-29-26(33)20-21(13)32-23(24(20)31-19-7-5-6-16(27)25(19)35-4)15-10-11-28-18-9-8-17(14(2)34-3)30-22(15)18/h5-11,13-14,31-32H,12H2,1-4H3,(H,29,33)/t13-,14+/m0/s1. The van der Waals surface area contributed by atoms with Gasteiger partial charge in [0.2, 0.25) is 0 Å². The monoisotopic (exact) mass is 475 g/mol. The molecular formula is C26H26FN5O3. The molecule has 0 fully saturated rings. The number of nitrogens with zero attached hydrogens (tertiary/aromatic N) is 2. The van der Waals surface area contributed by atoms with Gasteiger partial charge in [-0.25, -0.2) is 9.37 Å². The molecule has 1 amide bonds. The smallest absolute Gasteiger partial charge is 0.255 e. The Kier molecular flexibility index (Phi) is 5.86. The van der Waals surface area contributed by atoms with Crippen LogP contribution in [-0.4, -0.2) is 41.6 Å². The number of H-pyrrole nitrogens is 1. The Morgan fingerprint density at radius 1 is 1.20 bits per heavy atom.